The van der Waals surface area contributed by atoms with Crippen LogP contribution in [0.5, 0.6) is 5.75 Å². The number of morpholine rings is 1. The highest BCUT2D eigenvalue weighted by Crippen LogP contribution is 2.39. The summed E-state index contributed by atoms with van der Waals surface area (Å²) >= 11 is 0. The number of Topliss-reactive ketones (excluding diaryl/α,β-unsaturated/α-hetero) is 1. The van der Waals surface area contributed by atoms with E-state index in [9.17, 15) is 14.7 Å². The topological polar surface area (TPSA) is 79.3 Å². The molecule has 2 fully saturated rings. The number of nitrogens with zero attached hydrogens (tertiary/aromatic N) is 2. The smallest absolute Gasteiger partial charge is 0.295 e. The van der Waals surface area contributed by atoms with Crippen LogP contribution < -0.4 is 4.74 Å². The average Bonchev–Trinajstić information content (AvgIpc) is 3.13. The van der Waals surface area contributed by atoms with Gasteiger partial charge in [-0.3, -0.25) is 14.5 Å². The predicted octanol–water partition coefficient (Wildman–Crippen LogP) is 4.17. The number of hydrogen-bond donors (Lipinski definition) is 1. The third kappa shape index (κ3) is 5.97. The monoisotopic (exact) mass is 492 g/mol. The summed E-state index contributed by atoms with van der Waals surface area (Å²) in [7, 11) is 0. The van der Waals surface area contributed by atoms with Crippen LogP contribution in [0.4, 0.5) is 0 Å². The van der Waals surface area contributed by atoms with Gasteiger partial charge in [0.2, 0.25) is 0 Å². The van der Waals surface area contributed by atoms with E-state index < -0.39 is 17.7 Å². The van der Waals surface area contributed by atoms with Crippen molar-refractivity contribution >= 4 is 17.4 Å². The Balaban J connectivity index is 1.61. The fourth-order valence-corrected chi connectivity index (χ4v) is 4.62. The number of aryl methyl sites for hydroxylation is 1. The summed E-state index contributed by atoms with van der Waals surface area (Å²) in [4.78, 5) is 30.3. The SMILES string of the molecule is Cc1ccc([C@H]2C(=C(O)c3ccc(OCC(C)C)cc3)C(=O)C(=O)N2CCCN2CCOCC2)cc1. The van der Waals surface area contributed by atoms with Crippen molar-refractivity contribution in [1.82, 2.24) is 9.80 Å². The number of aliphatic hydroxyl groups is 1. The Bertz CT molecular complexity index is 1090. The molecule has 2 saturated heterocycles. The second-order valence-corrected chi connectivity index (χ2v) is 9.94. The first-order valence-corrected chi connectivity index (χ1v) is 12.7. The minimum absolute atomic E-state index is 0.131. The van der Waals surface area contributed by atoms with E-state index in [2.05, 4.69) is 18.7 Å². The molecule has 0 unspecified atom stereocenters. The zero-order valence-electron chi connectivity index (χ0n) is 21.4. The lowest BCUT2D eigenvalue weighted by Crippen LogP contribution is -2.38. The molecule has 7 heteroatoms. The molecule has 7 nitrogen and oxygen atoms in total. The Morgan fingerprint density at radius 1 is 1.03 bits per heavy atom. The van der Waals surface area contributed by atoms with Crippen LogP contribution in [0.1, 0.15) is 43.0 Å². The normalized spacial score (nSPS) is 20.3. The molecule has 0 spiro atoms. The Morgan fingerprint density at radius 2 is 1.69 bits per heavy atom. The number of hydrogen-bond acceptors (Lipinski definition) is 6. The molecule has 36 heavy (non-hydrogen) atoms. The summed E-state index contributed by atoms with van der Waals surface area (Å²) in [6.45, 7) is 11.2. The van der Waals surface area contributed by atoms with E-state index in [0.717, 1.165) is 50.4 Å². The first kappa shape index (κ1) is 25.9. The Hall–Kier alpha value is -3.16. The molecule has 1 amide bonds. The summed E-state index contributed by atoms with van der Waals surface area (Å²) in [6.07, 6.45) is 0.733. The van der Waals surface area contributed by atoms with Crippen molar-refractivity contribution in [3.63, 3.8) is 0 Å². The average molecular weight is 493 g/mol. The van der Waals surface area contributed by atoms with Gasteiger partial charge in [-0.2, -0.15) is 0 Å². The summed E-state index contributed by atoms with van der Waals surface area (Å²) in [5, 5.41) is 11.3. The van der Waals surface area contributed by atoms with E-state index in [1.165, 1.54) is 0 Å². The van der Waals surface area contributed by atoms with Crippen molar-refractivity contribution in [3.8, 4) is 5.75 Å². The largest absolute Gasteiger partial charge is 0.507 e. The summed E-state index contributed by atoms with van der Waals surface area (Å²) in [6, 6.07) is 14.1. The van der Waals surface area contributed by atoms with Crippen LogP contribution in [0, 0.1) is 12.8 Å². The van der Waals surface area contributed by atoms with Gasteiger partial charge in [0.15, 0.2) is 0 Å². The van der Waals surface area contributed by atoms with Crippen LogP contribution in [0.25, 0.3) is 5.76 Å². The molecule has 2 aliphatic heterocycles. The van der Waals surface area contributed by atoms with E-state index in [1.807, 2.05) is 31.2 Å². The molecular formula is C29H36N2O5. The van der Waals surface area contributed by atoms with Gasteiger partial charge in [0, 0.05) is 31.7 Å². The lowest BCUT2D eigenvalue weighted by molar-refractivity contribution is -0.140. The molecule has 1 atom stereocenters. The number of ketones is 1. The van der Waals surface area contributed by atoms with E-state index in [1.54, 1.807) is 29.2 Å². The molecule has 0 aliphatic carbocycles. The van der Waals surface area contributed by atoms with Gasteiger partial charge in [-0.1, -0.05) is 43.7 Å². The van der Waals surface area contributed by atoms with Crippen molar-refractivity contribution in [2.75, 3.05) is 46.0 Å². The first-order chi connectivity index (χ1) is 17.3. The predicted molar refractivity (Wildman–Crippen MR) is 139 cm³/mol. The number of rotatable bonds is 9. The van der Waals surface area contributed by atoms with Crippen LogP contribution in [0.15, 0.2) is 54.1 Å². The molecule has 1 N–H and O–H groups in total. The van der Waals surface area contributed by atoms with Gasteiger partial charge in [-0.25, -0.2) is 0 Å². The first-order valence-electron chi connectivity index (χ1n) is 12.7. The molecule has 0 aromatic heterocycles. The number of ether oxygens (including phenoxy) is 2. The molecule has 2 aliphatic rings. The number of benzene rings is 2. The summed E-state index contributed by atoms with van der Waals surface area (Å²) in [5.74, 6) is -0.290. The second kappa shape index (κ2) is 11.7. The van der Waals surface area contributed by atoms with Crippen LogP contribution in [0.3, 0.4) is 0 Å². The van der Waals surface area contributed by atoms with Crippen LogP contribution >= 0.6 is 0 Å². The second-order valence-electron chi connectivity index (χ2n) is 9.94. The van der Waals surface area contributed by atoms with Gasteiger partial charge in [-0.05, 0) is 49.1 Å². The lowest BCUT2D eigenvalue weighted by Gasteiger charge is -2.29. The van der Waals surface area contributed by atoms with Crippen molar-refractivity contribution < 1.29 is 24.2 Å². The molecule has 0 radical (unpaired) electrons. The molecule has 2 aromatic carbocycles. The molecule has 2 aromatic rings. The number of aliphatic hydroxyl groups excluding tert-OH is 1. The minimum atomic E-state index is -0.649. The summed E-state index contributed by atoms with van der Waals surface area (Å²) in [5.41, 5.74) is 2.51. The number of carbonyl (C=O) groups is 2. The Labute approximate surface area is 213 Å². The zero-order valence-corrected chi connectivity index (χ0v) is 21.4. The molecule has 4 rings (SSSR count). The Kier molecular flexibility index (Phi) is 8.44. The van der Waals surface area contributed by atoms with Gasteiger partial charge < -0.3 is 19.5 Å². The molecule has 2 heterocycles. The van der Waals surface area contributed by atoms with Crippen molar-refractivity contribution in [3.05, 3.63) is 70.8 Å². The molecule has 0 saturated carbocycles. The van der Waals surface area contributed by atoms with E-state index in [-0.39, 0.29) is 11.3 Å². The van der Waals surface area contributed by atoms with Gasteiger partial charge in [0.05, 0.1) is 31.4 Å². The van der Waals surface area contributed by atoms with E-state index >= 15 is 0 Å². The quantitative estimate of drug-likeness (QED) is 0.322. The third-order valence-corrected chi connectivity index (χ3v) is 6.62. The zero-order chi connectivity index (χ0) is 25.7. The maximum absolute atomic E-state index is 13.2. The fraction of sp³-hybridized carbons (Fsp3) is 0.448. The van der Waals surface area contributed by atoms with Crippen molar-refractivity contribution in [1.29, 1.82) is 0 Å². The molecule has 192 valence electrons. The number of likely N-dealkylation sites (tertiary alicyclic amines) is 1. The van der Waals surface area contributed by atoms with Crippen LogP contribution in [-0.2, 0) is 14.3 Å². The fourth-order valence-electron chi connectivity index (χ4n) is 4.62. The maximum Gasteiger partial charge on any atom is 0.295 e. The van der Waals surface area contributed by atoms with Crippen molar-refractivity contribution in [2.24, 2.45) is 5.92 Å². The van der Waals surface area contributed by atoms with Gasteiger partial charge >= 0.3 is 0 Å². The van der Waals surface area contributed by atoms with Crippen LogP contribution in [0.2, 0.25) is 0 Å². The van der Waals surface area contributed by atoms with Gasteiger partial charge in [-0.15, -0.1) is 0 Å². The van der Waals surface area contributed by atoms with E-state index in [0.29, 0.717) is 30.4 Å². The summed E-state index contributed by atoms with van der Waals surface area (Å²) < 4.78 is 11.2. The Morgan fingerprint density at radius 3 is 2.33 bits per heavy atom. The van der Waals surface area contributed by atoms with Crippen LogP contribution in [-0.4, -0.2) is 72.6 Å². The number of amides is 1. The van der Waals surface area contributed by atoms with Crippen molar-refractivity contribution in [2.45, 2.75) is 33.2 Å². The van der Waals surface area contributed by atoms with Gasteiger partial charge in [0.1, 0.15) is 11.5 Å². The number of carbonyl (C=O) groups excluding carboxylic acids is 2. The maximum atomic E-state index is 13.2. The third-order valence-electron chi connectivity index (χ3n) is 6.62. The van der Waals surface area contributed by atoms with Gasteiger partial charge in [0.25, 0.3) is 11.7 Å². The highest BCUT2D eigenvalue weighted by atomic mass is 16.5. The van der Waals surface area contributed by atoms with E-state index in [4.69, 9.17) is 9.47 Å². The standard InChI is InChI=1S/C29H36N2O5/c1-20(2)19-36-24-11-9-23(10-12-24)27(32)25-26(22-7-5-21(3)6-8-22)31(29(34)28(25)33)14-4-13-30-15-17-35-18-16-30/h5-12,20,26,32H,4,13-19H2,1-3H3/t26-/m0/s1. The molecular weight excluding hydrogens is 456 g/mol. The minimum Gasteiger partial charge on any atom is -0.507 e. The lowest BCUT2D eigenvalue weighted by atomic mass is 9.94. The molecule has 0 bridgehead atoms. The highest BCUT2D eigenvalue weighted by Gasteiger charge is 2.45. The highest BCUT2D eigenvalue weighted by molar-refractivity contribution is 6.46.